The van der Waals surface area contributed by atoms with Crippen LogP contribution in [0.5, 0.6) is 0 Å². The van der Waals surface area contributed by atoms with Crippen LogP contribution in [0.3, 0.4) is 0 Å². The minimum absolute atomic E-state index is 0.568. The van der Waals surface area contributed by atoms with Gasteiger partial charge >= 0.3 is 5.97 Å². The first-order valence-corrected chi connectivity index (χ1v) is 7.07. The van der Waals surface area contributed by atoms with Crippen molar-refractivity contribution in [1.29, 1.82) is 0 Å². The molecule has 1 atom stereocenters. The Balaban J connectivity index is 2.07. The molecular formula is C14H23N3O2. The van der Waals surface area contributed by atoms with E-state index in [4.69, 9.17) is 0 Å². The molecule has 0 aromatic carbocycles. The Hall–Kier alpha value is -1.36. The van der Waals surface area contributed by atoms with E-state index >= 15 is 0 Å². The summed E-state index contributed by atoms with van der Waals surface area (Å²) in [5.41, 5.74) is -0.568. The van der Waals surface area contributed by atoms with Gasteiger partial charge in [-0.05, 0) is 32.7 Å². The lowest BCUT2D eigenvalue weighted by Gasteiger charge is -2.39. The van der Waals surface area contributed by atoms with Crippen LogP contribution in [-0.4, -0.2) is 38.6 Å². The molecule has 5 nitrogen and oxygen atoms in total. The lowest BCUT2D eigenvalue weighted by molar-refractivity contribution is -0.153. The van der Waals surface area contributed by atoms with Gasteiger partial charge in [0.15, 0.2) is 0 Å². The molecule has 0 spiro atoms. The van der Waals surface area contributed by atoms with Gasteiger partial charge in [0.2, 0.25) is 0 Å². The lowest BCUT2D eigenvalue weighted by Crippen LogP contribution is -2.47. The molecule has 1 N–H and O–H groups in total. The summed E-state index contributed by atoms with van der Waals surface area (Å²) < 4.78 is 2.11. The summed E-state index contributed by atoms with van der Waals surface area (Å²) in [4.78, 5) is 18.1. The minimum atomic E-state index is -0.654. The third-order valence-corrected chi connectivity index (χ3v) is 4.29. The largest absolute Gasteiger partial charge is 0.481 e. The van der Waals surface area contributed by atoms with E-state index in [0.717, 1.165) is 38.3 Å². The number of carboxylic acids is 1. The minimum Gasteiger partial charge on any atom is -0.481 e. The van der Waals surface area contributed by atoms with Crippen LogP contribution >= 0.6 is 0 Å². The predicted octanol–water partition coefficient (Wildman–Crippen LogP) is 1.98. The Kier molecular flexibility index (Phi) is 4.24. The van der Waals surface area contributed by atoms with Crippen molar-refractivity contribution in [1.82, 2.24) is 14.5 Å². The van der Waals surface area contributed by atoms with Crippen molar-refractivity contribution in [2.75, 3.05) is 13.1 Å². The topological polar surface area (TPSA) is 58.4 Å². The number of rotatable bonds is 5. The molecule has 1 unspecified atom stereocenters. The number of imidazole rings is 1. The number of aryl methyl sites for hydroxylation is 1. The zero-order valence-corrected chi connectivity index (χ0v) is 11.8. The van der Waals surface area contributed by atoms with E-state index in [1.807, 2.05) is 19.3 Å². The van der Waals surface area contributed by atoms with Gasteiger partial charge in [-0.15, -0.1) is 0 Å². The standard InChI is InChI=1S/C14H23N3O2/c1-3-14(13(18)19)6-5-8-16(11-14)10-12-15-7-9-17(12)4-2/h7,9H,3-6,8,10-11H2,1-2H3,(H,18,19). The fourth-order valence-corrected chi connectivity index (χ4v) is 2.96. The summed E-state index contributed by atoms with van der Waals surface area (Å²) in [7, 11) is 0. The van der Waals surface area contributed by atoms with E-state index in [9.17, 15) is 9.90 Å². The molecule has 0 bridgehead atoms. The quantitative estimate of drug-likeness (QED) is 0.884. The number of aromatic nitrogens is 2. The van der Waals surface area contributed by atoms with Gasteiger partial charge in [0.25, 0.3) is 0 Å². The van der Waals surface area contributed by atoms with Crippen molar-refractivity contribution in [3.05, 3.63) is 18.2 Å². The molecule has 1 aliphatic heterocycles. The van der Waals surface area contributed by atoms with Crippen molar-refractivity contribution < 1.29 is 9.90 Å². The van der Waals surface area contributed by atoms with Gasteiger partial charge < -0.3 is 9.67 Å². The molecule has 1 aromatic heterocycles. The Morgan fingerprint density at radius 3 is 2.95 bits per heavy atom. The number of hydrogen-bond donors (Lipinski definition) is 1. The van der Waals surface area contributed by atoms with Crippen LogP contribution in [-0.2, 0) is 17.9 Å². The maximum atomic E-state index is 11.5. The zero-order chi connectivity index (χ0) is 13.9. The Labute approximate surface area is 114 Å². The van der Waals surface area contributed by atoms with Crippen molar-refractivity contribution in [2.45, 2.75) is 46.2 Å². The summed E-state index contributed by atoms with van der Waals surface area (Å²) in [6.07, 6.45) is 6.22. The number of nitrogens with zero attached hydrogens (tertiary/aromatic N) is 3. The van der Waals surface area contributed by atoms with Crippen molar-refractivity contribution >= 4 is 5.97 Å². The van der Waals surface area contributed by atoms with Crippen LogP contribution in [0.2, 0.25) is 0 Å². The Morgan fingerprint density at radius 2 is 2.32 bits per heavy atom. The first kappa shape index (κ1) is 14.1. The summed E-state index contributed by atoms with van der Waals surface area (Å²) in [6.45, 7) is 7.32. The van der Waals surface area contributed by atoms with Crippen LogP contribution < -0.4 is 0 Å². The second kappa shape index (κ2) is 5.74. The van der Waals surface area contributed by atoms with Crippen molar-refractivity contribution in [3.8, 4) is 0 Å². The number of aliphatic carboxylic acids is 1. The Bertz CT molecular complexity index is 444. The molecule has 1 fully saturated rings. The molecule has 0 aliphatic carbocycles. The van der Waals surface area contributed by atoms with Crippen LogP contribution in [0.15, 0.2) is 12.4 Å². The maximum absolute atomic E-state index is 11.5. The van der Waals surface area contributed by atoms with Gasteiger partial charge in [-0.1, -0.05) is 6.92 Å². The molecular weight excluding hydrogens is 242 g/mol. The monoisotopic (exact) mass is 265 g/mol. The second-order valence-corrected chi connectivity index (χ2v) is 5.38. The van der Waals surface area contributed by atoms with Crippen LogP contribution in [0, 0.1) is 5.41 Å². The van der Waals surface area contributed by atoms with E-state index < -0.39 is 11.4 Å². The molecule has 106 valence electrons. The molecule has 0 saturated carbocycles. The SMILES string of the molecule is CCn1ccnc1CN1CCCC(CC)(C(=O)O)C1. The van der Waals surface area contributed by atoms with Gasteiger partial charge in [-0.3, -0.25) is 9.69 Å². The molecule has 2 rings (SSSR count). The van der Waals surface area contributed by atoms with Gasteiger partial charge in [-0.25, -0.2) is 4.98 Å². The molecule has 1 aromatic rings. The number of carbonyl (C=O) groups is 1. The normalized spacial score (nSPS) is 24.5. The zero-order valence-electron chi connectivity index (χ0n) is 11.8. The number of carboxylic acid groups (broad SMARTS) is 1. The highest BCUT2D eigenvalue weighted by atomic mass is 16.4. The molecule has 2 heterocycles. The molecule has 19 heavy (non-hydrogen) atoms. The van der Waals surface area contributed by atoms with E-state index in [1.165, 1.54) is 0 Å². The van der Waals surface area contributed by atoms with E-state index in [2.05, 4.69) is 21.4 Å². The van der Waals surface area contributed by atoms with Crippen LogP contribution in [0.4, 0.5) is 0 Å². The molecule has 0 amide bonds. The lowest BCUT2D eigenvalue weighted by atomic mass is 9.77. The van der Waals surface area contributed by atoms with E-state index in [-0.39, 0.29) is 0 Å². The fourth-order valence-electron chi connectivity index (χ4n) is 2.96. The van der Waals surface area contributed by atoms with E-state index in [1.54, 1.807) is 0 Å². The first-order chi connectivity index (χ1) is 9.11. The number of piperidine rings is 1. The average Bonchev–Trinajstić information content (AvgIpc) is 2.86. The summed E-state index contributed by atoms with van der Waals surface area (Å²) in [5, 5.41) is 9.49. The van der Waals surface area contributed by atoms with Gasteiger partial charge in [0, 0.05) is 25.5 Å². The maximum Gasteiger partial charge on any atom is 0.310 e. The fraction of sp³-hybridized carbons (Fsp3) is 0.714. The summed E-state index contributed by atoms with van der Waals surface area (Å²) >= 11 is 0. The first-order valence-electron chi connectivity index (χ1n) is 7.07. The predicted molar refractivity (Wildman–Crippen MR) is 72.8 cm³/mol. The van der Waals surface area contributed by atoms with Crippen molar-refractivity contribution in [2.24, 2.45) is 5.41 Å². The highest BCUT2D eigenvalue weighted by Gasteiger charge is 2.40. The summed E-state index contributed by atoms with van der Waals surface area (Å²) in [6, 6.07) is 0. The smallest absolute Gasteiger partial charge is 0.310 e. The van der Waals surface area contributed by atoms with E-state index in [0.29, 0.717) is 13.0 Å². The third-order valence-electron chi connectivity index (χ3n) is 4.29. The number of hydrogen-bond acceptors (Lipinski definition) is 3. The second-order valence-electron chi connectivity index (χ2n) is 5.38. The van der Waals surface area contributed by atoms with Gasteiger partial charge in [0.05, 0.1) is 12.0 Å². The highest BCUT2D eigenvalue weighted by Crippen LogP contribution is 2.34. The molecule has 0 radical (unpaired) electrons. The van der Waals surface area contributed by atoms with Gasteiger partial charge in [-0.2, -0.15) is 0 Å². The van der Waals surface area contributed by atoms with Crippen molar-refractivity contribution in [3.63, 3.8) is 0 Å². The summed E-state index contributed by atoms with van der Waals surface area (Å²) in [5.74, 6) is 0.373. The molecule has 1 saturated heterocycles. The van der Waals surface area contributed by atoms with Gasteiger partial charge in [0.1, 0.15) is 5.82 Å². The van der Waals surface area contributed by atoms with Crippen LogP contribution in [0.1, 0.15) is 38.9 Å². The molecule has 1 aliphatic rings. The van der Waals surface area contributed by atoms with Crippen LogP contribution in [0.25, 0.3) is 0 Å². The molecule has 5 heteroatoms. The third kappa shape index (κ3) is 2.81. The highest BCUT2D eigenvalue weighted by molar-refractivity contribution is 5.75. The number of likely N-dealkylation sites (tertiary alicyclic amines) is 1. The average molecular weight is 265 g/mol. The Morgan fingerprint density at radius 1 is 1.53 bits per heavy atom.